The number of hydrogen-bond donors (Lipinski definition) is 0. The van der Waals surface area contributed by atoms with Crippen molar-refractivity contribution in [3.05, 3.63) is 28.7 Å². The summed E-state index contributed by atoms with van der Waals surface area (Å²) in [7, 11) is 2.09. The fourth-order valence-corrected chi connectivity index (χ4v) is 2.42. The van der Waals surface area contributed by atoms with E-state index in [1.165, 1.54) is 0 Å². The Bertz CT molecular complexity index is 428. The van der Waals surface area contributed by atoms with E-state index in [1.807, 2.05) is 29.2 Å². The molecule has 0 unspecified atom stereocenters. The molecular formula is C15H21BrN2O2. The third-order valence-electron chi connectivity index (χ3n) is 3.47. The van der Waals surface area contributed by atoms with E-state index in [0.717, 1.165) is 42.8 Å². The second kappa shape index (κ2) is 7.64. The minimum Gasteiger partial charge on any atom is -0.494 e. The molecule has 5 heteroatoms. The van der Waals surface area contributed by atoms with Crippen LogP contribution in [0.5, 0.6) is 5.75 Å². The lowest BCUT2D eigenvalue weighted by molar-refractivity contribution is -0.133. The van der Waals surface area contributed by atoms with Crippen molar-refractivity contribution in [1.82, 2.24) is 9.80 Å². The summed E-state index contributed by atoms with van der Waals surface area (Å²) in [6.45, 7) is 4.23. The SMILES string of the molecule is CN1CCN(C(=O)CCCOc2ccc(Br)cc2)CC1. The van der Waals surface area contributed by atoms with Gasteiger partial charge < -0.3 is 14.5 Å². The van der Waals surface area contributed by atoms with Gasteiger partial charge in [-0.1, -0.05) is 15.9 Å². The fourth-order valence-electron chi connectivity index (χ4n) is 2.16. The minimum atomic E-state index is 0.248. The van der Waals surface area contributed by atoms with E-state index in [-0.39, 0.29) is 5.91 Å². The van der Waals surface area contributed by atoms with Crippen LogP contribution in [0.1, 0.15) is 12.8 Å². The summed E-state index contributed by atoms with van der Waals surface area (Å²) in [5.74, 6) is 1.10. The van der Waals surface area contributed by atoms with Gasteiger partial charge in [-0.3, -0.25) is 4.79 Å². The first-order chi connectivity index (χ1) is 9.65. The maximum Gasteiger partial charge on any atom is 0.222 e. The topological polar surface area (TPSA) is 32.8 Å². The molecule has 0 aliphatic carbocycles. The molecule has 0 N–H and O–H groups in total. The van der Waals surface area contributed by atoms with Crippen molar-refractivity contribution in [2.75, 3.05) is 39.8 Å². The van der Waals surface area contributed by atoms with Gasteiger partial charge in [0.1, 0.15) is 5.75 Å². The van der Waals surface area contributed by atoms with Crippen LogP contribution in [-0.4, -0.2) is 55.5 Å². The number of carbonyl (C=O) groups is 1. The van der Waals surface area contributed by atoms with Crippen molar-refractivity contribution >= 4 is 21.8 Å². The summed E-state index contributed by atoms with van der Waals surface area (Å²) < 4.78 is 6.65. The highest BCUT2D eigenvalue weighted by Crippen LogP contribution is 2.16. The Morgan fingerprint density at radius 3 is 2.50 bits per heavy atom. The predicted octanol–water partition coefficient (Wildman–Crippen LogP) is 2.38. The molecule has 1 aromatic rings. The largest absolute Gasteiger partial charge is 0.494 e. The molecule has 0 bridgehead atoms. The van der Waals surface area contributed by atoms with Crippen molar-refractivity contribution in [2.45, 2.75) is 12.8 Å². The van der Waals surface area contributed by atoms with Crippen LogP contribution in [0.15, 0.2) is 28.7 Å². The quantitative estimate of drug-likeness (QED) is 0.771. The molecule has 1 aromatic carbocycles. The first kappa shape index (κ1) is 15.3. The number of rotatable bonds is 5. The molecule has 0 aromatic heterocycles. The number of nitrogens with zero attached hydrogens (tertiary/aromatic N) is 2. The van der Waals surface area contributed by atoms with Crippen molar-refractivity contribution in [2.24, 2.45) is 0 Å². The van der Waals surface area contributed by atoms with Gasteiger partial charge in [0.2, 0.25) is 5.91 Å². The Morgan fingerprint density at radius 2 is 1.85 bits per heavy atom. The van der Waals surface area contributed by atoms with Gasteiger partial charge in [-0.2, -0.15) is 0 Å². The normalized spacial score (nSPS) is 16.2. The van der Waals surface area contributed by atoms with Crippen molar-refractivity contribution in [1.29, 1.82) is 0 Å². The molecule has 0 spiro atoms. The average molecular weight is 341 g/mol. The van der Waals surface area contributed by atoms with E-state index in [0.29, 0.717) is 13.0 Å². The molecule has 4 nitrogen and oxygen atoms in total. The molecule has 0 radical (unpaired) electrons. The van der Waals surface area contributed by atoms with Gasteiger partial charge in [-0.05, 0) is 37.7 Å². The summed E-state index contributed by atoms with van der Waals surface area (Å²) in [6, 6.07) is 7.74. The second-order valence-electron chi connectivity index (χ2n) is 5.09. The van der Waals surface area contributed by atoms with Crippen LogP contribution in [0.4, 0.5) is 0 Å². The van der Waals surface area contributed by atoms with Crippen molar-refractivity contribution in [3.63, 3.8) is 0 Å². The monoisotopic (exact) mass is 340 g/mol. The number of amides is 1. The molecule has 1 heterocycles. The number of halogens is 1. The first-order valence-electron chi connectivity index (χ1n) is 7.00. The van der Waals surface area contributed by atoms with Gasteiger partial charge in [-0.15, -0.1) is 0 Å². The zero-order valence-electron chi connectivity index (χ0n) is 11.8. The molecule has 20 heavy (non-hydrogen) atoms. The van der Waals surface area contributed by atoms with E-state index in [9.17, 15) is 4.79 Å². The van der Waals surface area contributed by atoms with Crippen LogP contribution >= 0.6 is 15.9 Å². The predicted molar refractivity (Wildman–Crippen MR) is 82.9 cm³/mol. The molecule has 1 aliphatic heterocycles. The molecule has 1 fully saturated rings. The molecule has 0 saturated carbocycles. The van der Waals surface area contributed by atoms with Crippen LogP contribution in [0.3, 0.4) is 0 Å². The summed E-state index contributed by atoms with van der Waals surface area (Å²) in [5.41, 5.74) is 0. The lowest BCUT2D eigenvalue weighted by atomic mass is 10.2. The lowest BCUT2D eigenvalue weighted by Gasteiger charge is -2.32. The highest BCUT2D eigenvalue weighted by atomic mass is 79.9. The Hall–Kier alpha value is -1.07. The van der Waals surface area contributed by atoms with E-state index in [2.05, 4.69) is 27.9 Å². The Kier molecular flexibility index (Phi) is 5.86. The van der Waals surface area contributed by atoms with E-state index >= 15 is 0 Å². The molecule has 110 valence electrons. The highest BCUT2D eigenvalue weighted by Gasteiger charge is 2.18. The summed E-state index contributed by atoms with van der Waals surface area (Å²) >= 11 is 3.39. The van der Waals surface area contributed by atoms with Crippen LogP contribution in [0, 0.1) is 0 Å². The summed E-state index contributed by atoms with van der Waals surface area (Å²) in [4.78, 5) is 16.2. The Balaban J connectivity index is 1.63. The molecule has 1 saturated heterocycles. The van der Waals surface area contributed by atoms with Gasteiger partial charge in [0.05, 0.1) is 6.61 Å². The van der Waals surface area contributed by atoms with E-state index in [1.54, 1.807) is 0 Å². The Labute approximate surface area is 128 Å². The van der Waals surface area contributed by atoms with Crippen LogP contribution < -0.4 is 4.74 Å². The molecule has 1 amide bonds. The van der Waals surface area contributed by atoms with Crippen molar-refractivity contribution in [3.8, 4) is 5.75 Å². The number of carbonyl (C=O) groups excluding carboxylic acids is 1. The van der Waals surface area contributed by atoms with Crippen LogP contribution in [0.2, 0.25) is 0 Å². The summed E-state index contributed by atoms with van der Waals surface area (Å²) in [6.07, 6.45) is 1.33. The summed E-state index contributed by atoms with van der Waals surface area (Å²) in [5, 5.41) is 0. The van der Waals surface area contributed by atoms with E-state index < -0.39 is 0 Å². The maximum absolute atomic E-state index is 12.0. The lowest BCUT2D eigenvalue weighted by Crippen LogP contribution is -2.47. The van der Waals surface area contributed by atoms with Gasteiger partial charge in [0.25, 0.3) is 0 Å². The molecular weight excluding hydrogens is 320 g/mol. The fraction of sp³-hybridized carbons (Fsp3) is 0.533. The number of hydrogen-bond acceptors (Lipinski definition) is 3. The van der Waals surface area contributed by atoms with Crippen LogP contribution in [0.25, 0.3) is 0 Å². The third kappa shape index (κ3) is 4.80. The van der Waals surface area contributed by atoms with Gasteiger partial charge in [0.15, 0.2) is 0 Å². The number of benzene rings is 1. The van der Waals surface area contributed by atoms with Crippen LogP contribution in [-0.2, 0) is 4.79 Å². The zero-order valence-corrected chi connectivity index (χ0v) is 13.4. The maximum atomic E-state index is 12.0. The Morgan fingerprint density at radius 1 is 1.20 bits per heavy atom. The number of piperazine rings is 1. The average Bonchev–Trinajstić information content (AvgIpc) is 2.46. The third-order valence-corrected chi connectivity index (χ3v) is 4.00. The smallest absolute Gasteiger partial charge is 0.222 e. The number of likely N-dealkylation sites (N-methyl/N-ethyl adjacent to an activating group) is 1. The number of ether oxygens (including phenoxy) is 1. The molecule has 1 aliphatic rings. The van der Waals surface area contributed by atoms with Crippen molar-refractivity contribution < 1.29 is 9.53 Å². The zero-order chi connectivity index (χ0) is 14.4. The van der Waals surface area contributed by atoms with Gasteiger partial charge in [-0.25, -0.2) is 0 Å². The van der Waals surface area contributed by atoms with E-state index in [4.69, 9.17) is 4.74 Å². The highest BCUT2D eigenvalue weighted by molar-refractivity contribution is 9.10. The molecule has 2 rings (SSSR count). The van der Waals surface area contributed by atoms with Gasteiger partial charge in [0, 0.05) is 37.1 Å². The minimum absolute atomic E-state index is 0.248. The molecule has 0 atom stereocenters. The second-order valence-corrected chi connectivity index (χ2v) is 6.01. The standard InChI is InChI=1S/C15H21BrN2O2/c1-17-8-10-18(11-9-17)15(19)3-2-12-20-14-6-4-13(16)5-7-14/h4-7H,2-3,8-12H2,1H3. The first-order valence-corrected chi connectivity index (χ1v) is 7.79. The van der Waals surface area contributed by atoms with Gasteiger partial charge >= 0.3 is 0 Å².